The van der Waals surface area contributed by atoms with Crippen molar-refractivity contribution in [2.75, 3.05) is 36.9 Å². The maximum Gasteiger partial charge on any atom is 0.217 e. The van der Waals surface area contributed by atoms with E-state index in [0.29, 0.717) is 35.8 Å². The molecule has 0 saturated heterocycles. The molecule has 0 aromatic carbocycles. The monoisotopic (exact) mass is 424 g/mol. The third-order valence-corrected chi connectivity index (χ3v) is 3.67. The fourth-order valence-electron chi connectivity index (χ4n) is 2.42. The van der Waals surface area contributed by atoms with Gasteiger partial charge in [-0.25, -0.2) is 4.98 Å². The molecular formula is C22H37ClN4O2. The summed E-state index contributed by atoms with van der Waals surface area (Å²) in [4.78, 5) is 10.6. The van der Waals surface area contributed by atoms with E-state index in [0.717, 1.165) is 31.6 Å². The minimum absolute atomic E-state index is 0.349. The van der Waals surface area contributed by atoms with Gasteiger partial charge in [0.1, 0.15) is 19.0 Å². The Kier molecular flexibility index (Phi) is 15.4. The number of anilines is 2. The molecule has 0 saturated carbocycles. The number of nitrogen functional groups attached to an aromatic ring is 1. The van der Waals surface area contributed by atoms with Crippen LogP contribution in [0.2, 0.25) is 5.02 Å². The summed E-state index contributed by atoms with van der Waals surface area (Å²) in [6.07, 6.45) is 3.68. The van der Waals surface area contributed by atoms with Crippen LogP contribution in [0.25, 0.3) is 0 Å². The van der Waals surface area contributed by atoms with Crippen LogP contribution in [-0.2, 0) is 0 Å². The van der Waals surface area contributed by atoms with Crippen LogP contribution in [0.15, 0.2) is 30.5 Å². The van der Waals surface area contributed by atoms with E-state index >= 15 is 0 Å². The predicted molar refractivity (Wildman–Crippen MR) is 124 cm³/mol. The summed E-state index contributed by atoms with van der Waals surface area (Å²) in [5.41, 5.74) is 6.96. The van der Waals surface area contributed by atoms with Gasteiger partial charge < -0.3 is 20.1 Å². The van der Waals surface area contributed by atoms with Gasteiger partial charge in [-0.1, -0.05) is 53.1 Å². The average Bonchev–Trinajstić information content (AvgIpc) is 2.75. The van der Waals surface area contributed by atoms with Crippen LogP contribution < -0.4 is 20.1 Å². The van der Waals surface area contributed by atoms with E-state index in [9.17, 15) is 0 Å². The Balaban J connectivity index is 0.00000184. The van der Waals surface area contributed by atoms with Crippen molar-refractivity contribution in [2.45, 2.75) is 54.4 Å². The number of nitrogens with two attached hydrogens (primary N) is 1. The molecule has 0 amide bonds. The highest BCUT2D eigenvalue weighted by Crippen LogP contribution is 2.23. The number of hydrogen-bond donors (Lipinski definition) is 1. The molecule has 29 heavy (non-hydrogen) atoms. The fraction of sp³-hybridized carbons (Fsp3) is 0.545. The van der Waals surface area contributed by atoms with Crippen LogP contribution in [0.1, 0.15) is 54.4 Å². The van der Waals surface area contributed by atoms with Gasteiger partial charge in [0.2, 0.25) is 11.8 Å². The molecule has 0 spiro atoms. The van der Waals surface area contributed by atoms with E-state index in [1.165, 1.54) is 0 Å². The van der Waals surface area contributed by atoms with Crippen molar-refractivity contribution in [1.29, 1.82) is 0 Å². The van der Waals surface area contributed by atoms with Gasteiger partial charge in [0.05, 0.1) is 5.02 Å². The number of nitrogens with zero attached hydrogens (tertiary/aromatic N) is 3. The standard InChI is InChI=1S/C18H25ClN4O2.2C2H6/c1-3-7-23(8-4-2)15-11-16(20)22-18(12-15)25-10-9-24-17-6-5-14(19)13-21-17;2*1-2/h5-6,11-13H,3-4,7-10H2,1-2H3,(H2,20,22);2*1-2H3. The molecule has 0 radical (unpaired) electrons. The normalized spacial score (nSPS) is 9.48. The topological polar surface area (TPSA) is 73.5 Å². The van der Waals surface area contributed by atoms with Gasteiger partial charge in [-0.2, -0.15) is 4.98 Å². The maximum atomic E-state index is 5.93. The van der Waals surface area contributed by atoms with Crippen LogP contribution in [0.4, 0.5) is 11.5 Å². The molecule has 2 rings (SSSR count). The Labute approximate surface area is 181 Å². The first-order chi connectivity index (χ1) is 14.1. The van der Waals surface area contributed by atoms with Gasteiger partial charge in [0.15, 0.2) is 0 Å². The molecule has 2 aromatic rings. The Morgan fingerprint density at radius 2 is 1.52 bits per heavy atom. The van der Waals surface area contributed by atoms with Crippen LogP contribution in [0.3, 0.4) is 0 Å². The van der Waals surface area contributed by atoms with E-state index in [-0.39, 0.29) is 0 Å². The largest absolute Gasteiger partial charge is 0.474 e. The lowest BCUT2D eigenvalue weighted by Crippen LogP contribution is -2.25. The molecule has 0 aliphatic carbocycles. The minimum atomic E-state index is 0.349. The zero-order valence-electron chi connectivity index (χ0n) is 18.7. The molecule has 2 N–H and O–H groups in total. The highest BCUT2D eigenvalue weighted by molar-refractivity contribution is 6.30. The van der Waals surface area contributed by atoms with E-state index in [1.54, 1.807) is 18.3 Å². The molecule has 2 aromatic heterocycles. The third-order valence-electron chi connectivity index (χ3n) is 3.44. The van der Waals surface area contributed by atoms with Crippen LogP contribution in [0, 0.1) is 0 Å². The number of aromatic nitrogens is 2. The summed E-state index contributed by atoms with van der Waals surface area (Å²) in [7, 11) is 0. The van der Waals surface area contributed by atoms with Crippen LogP contribution in [0.5, 0.6) is 11.8 Å². The molecule has 0 unspecified atom stereocenters. The zero-order valence-corrected chi connectivity index (χ0v) is 19.5. The molecule has 6 nitrogen and oxygen atoms in total. The lowest BCUT2D eigenvalue weighted by atomic mass is 10.3. The number of rotatable bonds is 10. The summed E-state index contributed by atoms with van der Waals surface area (Å²) in [5, 5.41) is 0.573. The molecule has 0 aliphatic rings. The number of hydrogen-bond acceptors (Lipinski definition) is 6. The zero-order chi connectivity index (χ0) is 22.1. The van der Waals surface area contributed by atoms with Crippen LogP contribution in [-0.4, -0.2) is 36.3 Å². The first kappa shape index (κ1) is 26.8. The van der Waals surface area contributed by atoms with Crippen molar-refractivity contribution in [3.05, 3.63) is 35.5 Å². The molecular weight excluding hydrogens is 388 g/mol. The highest BCUT2D eigenvalue weighted by Gasteiger charge is 2.09. The first-order valence-electron chi connectivity index (χ1n) is 10.5. The van der Waals surface area contributed by atoms with E-state index in [2.05, 4.69) is 28.7 Å². The first-order valence-corrected chi connectivity index (χ1v) is 10.9. The van der Waals surface area contributed by atoms with Crippen molar-refractivity contribution in [3.63, 3.8) is 0 Å². The van der Waals surface area contributed by atoms with E-state index in [4.69, 9.17) is 26.8 Å². The Hall–Kier alpha value is -2.21. The van der Waals surface area contributed by atoms with Crippen molar-refractivity contribution in [1.82, 2.24) is 9.97 Å². The van der Waals surface area contributed by atoms with Gasteiger partial charge in [0, 0.05) is 43.2 Å². The Morgan fingerprint density at radius 1 is 0.931 bits per heavy atom. The molecule has 2 heterocycles. The van der Waals surface area contributed by atoms with Crippen molar-refractivity contribution in [2.24, 2.45) is 0 Å². The molecule has 0 atom stereocenters. The van der Waals surface area contributed by atoms with Gasteiger partial charge in [-0.15, -0.1) is 0 Å². The quantitative estimate of drug-likeness (QED) is 0.482. The Bertz CT molecular complexity index is 648. The summed E-state index contributed by atoms with van der Waals surface area (Å²) < 4.78 is 11.2. The SMILES string of the molecule is CC.CC.CCCN(CCC)c1cc(N)nc(OCCOc2ccc(Cl)cn2)c1. The van der Waals surface area contributed by atoms with E-state index in [1.807, 2.05) is 39.8 Å². The average molecular weight is 425 g/mol. The van der Waals surface area contributed by atoms with Gasteiger partial charge in [0.25, 0.3) is 0 Å². The fourth-order valence-corrected chi connectivity index (χ4v) is 2.53. The van der Waals surface area contributed by atoms with Crippen molar-refractivity contribution in [3.8, 4) is 11.8 Å². The van der Waals surface area contributed by atoms with Crippen LogP contribution >= 0.6 is 11.6 Å². The second-order valence-electron chi connectivity index (χ2n) is 5.59. The molecule has 0 aliphatic heterocycles. The van der Waals surface area contributed by atoms with Gasteiger partial charge >= 0.3 is 0 Å². The summed E-state index contributed by atoms with van der Waals surface area (Å²) in [6.45, 7) is 15.0. The van der Waals surface area contributed by atoms with Crippen molar-refractivity contribution < 1.29 is 9.47 Å². The minimum Gasteiger partial charge on any atom is -0.474 e. The highest BCUT2D eigenvalue weighted by atomic mass is 35.5. The summed E-state index contributed by atoms with van der Waals surface area (Å²) in [5.74, 6) is 1.45. The third kappa shape index (κ3) is 10.8. The van der Waals surface area contributed by atoms with E-state index < -0.39 is 0 Å². The summed E-state index contributed by atoms with van der Waals surface area (Å²) >= 11 is 5.79. The predicted octanol–water partition coefficient (Wildman–Crippen LogP) is 5.85. The van der Waals surface area contributed by atoms with Gasteiger partial charge in [-0.3, -0.25) is 0 Å². The smallest absolute Gasteiger partial charge is 0.217 e. The van der Waals surface area contributed by atoms with Gasteiger partial charge in [-0.05, 0) is 18.9 Å². The molecule has 0 fully saturated rings. The second-order valence-corrected chi connectivity index (χ2v) is 6.02. The number of ether oxygens (including phenoxy) is 2. The lowest BCUT2D eigenvalue weighted by molar-refractivity contribution is 0.207. The molecule has 0 bridgehead atoms. The lowest BCUT2D eigenvalue weighted by Gasteiger charge is -2.24. The van der Waals surface area contributed by atoms with Crippen molar-refractivity contribution >= 4 is 23.1 Å². The Morgan fingerprint density at radius 3 is 2.03 bits per heavy atom. The molecule has 164 valence electrons. The second kappa shape index (κ2) is 16.7. The maximum absolute atomic E-state index is 5.93. The number of halogens is 1. The molecule has 7 heteroatoms. The summed E-state index contributed by atoms with van der Waals surface area (Å²) in [6, 6.07) is 7.24. The number of pyridine rings is 2.